The van der Waals surface area contributed by atoms with Gasteiger partial charge >= 0.3 is 0 Å². The van der Waals surface area contributed by atoms with Gasteiger partial charge in [0, 0.05) is 28.9 Å². The van der Waals surface area contributed by atoms with Crippen molar-refractivity contribution in [1.29, 1.82) is 0 Å². The van der Waals surface area contributed by atoms with E-state index in [1.807, 2.05) is 25.1 Å². The topological polar surface area (TPSA) is 53.5 Å². The maximum absolute atomic E-state index is 13.4. The fourth-order valence-electron chi connectivity index (χ4n) is 3.10. The van der Waals surface area contributed by atoms with Crippen LogP contribution in [0, 0.1) is 12.7 Å². The second kappa shape index (κ2) is 7.75. The Morgan fingerprint density at radius 3 is 2.24 bits per heavy atom. The molecule has 0 aliphatic carbocycles. The highest BCUT2D eigenvalue weighted by molar-refractivity contribution is 5.88. The number of fused-ring (bicyclic) bond motifs is 1. The molecule has 0 bridgehead atoms. The molecule has 2 heterocycles. The van der Waals surface area contributed by atoms with Gasteiger partial charge in [0.25, 0.3) is 0 Å². The molecule has 4 rings (SSSR count). The minimum atomic E-state index is -0.301. The minimum absolute atomic E-state index is 0.301. The first-order valence-electron chi connectivity index (χ1n) is 9.01. The number of halogens is 1. The number of methoxy groups -OCH3 is 2. The summed E-state index contributed by atoms with van der Waals surface area (Å²) in [5.41, 5.74) is 2.95. The standard InChI is InChI=1S/C23H19FN2O3/c1-14-4-9-20(23(26-14)15-5-7-16(24)8-6-15)29-19-10-11-25-18-13-22(28-3)21(27-2)12-17(18)19/h4-13H,1-3H3. The number of nitrogens with zero attached hydrogens (tertiary/aromatic N) is 2. The van der Waals surface area contributed by atoms with Crippen molar-refractivity contribution in [2.45, 2.75) is 6.92 Å². The van der Waals surface area contributed by atoms with Gasteiger partial charge in [-0.05, 0) is 55.5 Å². The van der Waals surface area contributed by atoms with Crippen LogP contribution >= 0.6 is 0 Å². The lowest BCUT2D eigenvalue weighted by molar-refractivity contribution is 0.355. The monoisotopic (exact) mass is 390 g/mol. The lowest BCUT2D eigenvalue weighted by Gasteiger charge is -2.14. The molecular formula is C23H19FN2O3. The molecule has 0 aliphatic heterocycles. The van der Waals surface area contributed by atoms with Gasteiger partial charge in [0.15, 0.2) is 17.2 Å². The van der Waals surface area contributed by atoms with E-state index in [2.05, 4.69) is 9.97 Å². The molecule has 29 heavy (non-hydrogen) atoms. The molecule has 0 fully saturated rings. The quantitative estimate of drug-likeness (QED) is 0.447. The minimum Gasteiger partial charge on any atom is -0.493 e. The summed E-state index contributed by atoms with van der Waals surface area (Å²) in [5, 5.41) is 0.774. The summed E-state index contributed by atoms with van der Waals surface area (Å²) in [5.74, 6) is 2.03. The molecule has 6 heteroatoms. The average Bonchev–Trinajstić information content (AvgIpc) is 2.74. The van der Waals surface area contributed by atoms with Gasteiger partial charge in [-0.2, -0.15) is 0 Å². The van der Waals surface area contributed by atoms with Crippen LogP contribution in [0.25, 0.3) is 22.2 Å². The van der Waals surface area contributed by atoms with Gasteiger partial charge in [0.05, 0.1) is 19.7 Å². The molecule has 146 valence electrons. The lowest BCUT2D eigenvalue weighted by atomic mass is 10.1. The maximum atomic E-state index is 13.4. The first-order valence-corrected chi connectivity index (χ1v) is 9.01. The summed E-state index contributed by atoms with van der Waals surface area (Å²) in [6.45, 7) is 1.90. The molecule has 0 aliphatic rings. The summed E-state index contributed by atoms with van der Waals surface area (Å²) in [4.78, 5) is 9.00. The second-order valence-corrected chi connectivity index (χ2v) is 6.44. The van der Waals surface area contributed by atoms with E-state index in [4.69, 9.17) is 14.2 Å². The fourth-order valence-corrected chi connectivity index (χ4v) is 3.10. The fraction of sp³-hybridized carbons (Fsp3) is 0.130. The Balaban J connectivity index is 1.82. The Morgan fingerprint density at radius 1 is 0.793 bits per heavy atom. The van der Waals surface area contributed by atoms with Gasteiger partial charge in [0.1, 0.15) is 17.3 Å². The van der Waals surface area contributed by atoms with Gasteiger partial charge in [-0.25, -0.2) is 9.37 Å². The van der Waals surface area contributed by atoms with E-state index in [1.165, 1.54) is 12.1 Å². The van der Waals surface area contributed by atoms with Gasteiger partial charge in [0.2, 0.25) is 0 Å². The predicted molar refractivity (Wildman–Crippen MR) is 109 cm³/mol. The first kappa shape index (κ1) is 18.7. The summed E-state index contributed by atoms with van der Waals surface area (Å²) in [7, 11) is 3.16. The molecule has 5 nitrogen and oxygen atoms in total. The van der Waals surface area contributed by atoms with Crippen molar-refractivity contribution in [3.8, 4) is 34.3 Å². The molecule has 0 amide bonds. The van der Waals surface area contributed by atoms with Gasteiger partial charge in [-0.1, -0.05) is 0 Å². The van der Waals surface area contributed by atoms with E-state index < -0.39 is 0 Å². The molecule has 0 saturated carbocycles. The summed E-state index contributed by atoms with van der Waals surface area (Å²) in [6, 6.07) is 15.3. The zero-order valence-electron chi connectivity index (χ0n) is 16.3. The van der Waals surface area contributed by atoms with Crippen molar-refractivity contribution in [2.24, 2.45) is 0 Å². The van der Waals surface area contributed by atoms with E-state index in [-0.39, 0.29) is 5.82 Å². The number of hydrogen-bond donors (Lipinski definition) is 0. The number of pyridine rings is 2. The Labute approximate surface area is 167 Å². The third-order valence-corrected chi connectivity index (χ3v) is 4.54. The van der Waals surface area contributed by atoms with Crippen LogP contribution in [0.5, 0.6) is 23.0 Å². The summed E-state index contributed by atoms with van der Waals surface area (Å²) in [6.07, 6.45) is 1.67. The number of aryl methyl sites for hydroxylation is 1. The van der Waals surface area contributed by atoms with E-state index >= 15 is 0 Å². The van der Waals surface area contributed by atoms with E-state index in [9.17, 15) is 4.39 Å². The summed E-state index contributed by atoms with van der Waals surface area (Å²) >= 11 is 0. The smallest absolute Gasteiger partial charge is 0.162 e. The van der Waals surface area contributed by atoms with Gasteiger partial charge < -0.3 is 14.2 Å². The third kappa shape index (κ3) is 3.69. The van der Waals surface area contributed by atoms with E-state index in [0.29, 0.717) is 34.2 Å². The zero-order valence-corrected chi connectivity index (χ0v) is 16.3. The molecule has 2 aromatic carbocycles. The SMILES string of the molecule is COc1cc2nccc(Oc3ccc(C)nc3-c3ccc(F)cc3)c2cc1OC. The van der Waals surface area contributed by atoms with Crippen molar-refractivity contribution in [1.82, 2.24) is 9.97 Å². The number of hydrogen-bond acceptors (Lipinski definition) is 5. The van der Waals surface area contributed by atoms with Crippen molar-refractivity contribution >= 4 is 10.9 Å². The Kier molecular flexibility index (Phi) is 4.99. The maximum Gasteiger partial charge on any atom is 0.162 e. The number of aromatic nitrogens is 2. The van der Waals surface area contributed by atoms with Gasteiger partial charge in [-0.15, -0.1) is 0 Å². The lowest BCUT2D eigenvalue weighted by Crippen LogP contribution is -1.96. The van der Waals surface area contributed by atoms with Crippen molar-refractivity contribution in [3.63, 3.8) is 0 Å². The van der Waals surface area contributed by atoms with Crippen LogP contribution in [0.4, 0.5) is 4.39 Å². The van der Waals surface area contributed by atoms with Crippen LogP contribution in [0.15, 0.2) is 60.8 Å². The van der Waals surface area contributed by atoms with Crippen molar-refractivity contribution < 1.29 is 18.6 Å². The normalized spacial score (nSPS) is 10.8. The highest BCUT2D eigenvalue weighted by Crippen LogP contribution is 2.38. The Bertz CT molecular complexity index is 1180. The second-order valence-electron chi connectivity index (χ2n) is 6.44. The molecule has 4 aromatic rings. The predicted octanol–water partition coefficient (Wildman–Crippen LogP) is 5.55. The number of ether oxygens (including phenoxy) is 3. The molecular weight excluding hydrogens is 371 g/mol. The average molecular weight is 390 g/mol. The van der Waals surface area contributed by atoms with Crippen molar-refractivity contribution in [2.75, 3.05) is 14.2 Å². The van der Waals surface area contributed by atoms with Crippen LogP contribution in [-0.4, -0.2) is 24.2 Å². The van der Waals surface area contributed by atoms with Crippen LogP contribution in [0.1, 0.15) is 5.69 Å². The molecule has 2 aromatic heterocycles. The molecule has 0 spiro atoms. The Hall–Kier alpha value is -3.67. The third-order valence-electron chi connectivity index (χ3n) is 4.54. The number of benzene rings is 2. The largest absolute Gasteiger partial charge is 0.493 e. The zero-order chi connectivity index (χ0) is 20.4. The van der Waals surface area contributed by atoms with Crippen molar-refractivity contribution in [3.05, 3.63) is 72.3 Å². The molecule has 0 saturated heterocycles. The van der Waals surface area contributed by atoms with E-state index in [0.717, 1.165) is 16.6 Å². The molecule has 0 N–H and O–H groups in total. The van der Waals surface area contributed by atoms with Crippen LogP contribution in [0.3, 0.4) is 0 Å². The highest BCUT2D eigenvalue weighted by Gasteiger charge is 2.14. The molecule has 0 atom stereocenters. The van der Waals surface area contributed by atoms with Crippen LogP contribution < -0.4 is 14.2 Å². The molecule has 0 radical (unpaired) electrons. The molecule has 0 unspecified atom stereocenters. The first-order chi connectivity index (χ1) is 14.1. The number of rotatable bonds is 5. The van der Waals surface area contributed by atoms with Gasteiger partial charge in [-0.3, -0.25) is 4.98 Å². The highest BCUT2D eigenvalue weighted by atomic mass is 19.1. The Morgan fingerprint density at radius 2 is 1.52 bits per heavy atom. The van der Waals surface area contributed by atoms with Crippen LogP contribution in [0.2, 0.25) is 0 Å². The van der Waals surface area contributed by atoms with E-state index in [1.54, 1.807) is 44.7 Å². The summed E-state index contributed by atoms with van der Waals surface area (Å²) < 4.78 is 30.4. The van der Waals surface area contributed by atoms with Crippen LogP contribution in [-0.2, 0) is 0 Å².